The van der Waals surface area contributed by atoms with E-state index in [0.29, 0.717) is 40.6 Å². The summed E-state index contributed by atoms with van der Waals surface area (Å²) in [5.41, 5.74) is 0.839. The average molecular weight is 370 g/mol. The van der Waals surface area contributed by atoms with Gasteiger partial charge in [-0.25, -0.2) is 9.97 Å². The maximum atomic E-state index is 12.8. The van der Waals surface area contributed by atoms with Crippen molar-refractivity contribution in [2.45, 2.75) is 45.1 Å². The topological polar surface area (TPSA) is 85.4 Å². The molecule has 1 aromatic heterocycles. The molecule has 1 saturated carbocycles. The number of hydrogen-bond donors (Lipinski definition) is 2. The van der Waals surface area contributed by atoms with Crippen LogP contribution in [0, 0.1) is 6.92 Å². The van der Waals surface area contributed by atoms with Gasteiger partial charge in [0, 0.05) is 18.2 Å². The van der Waals surface area contributed by atoms with Crippen molar-refractivity contribution in [3.63, 3.8) is 0 Å². The molecule has 0 aliphatic heterocycles. The molecule has 0 bridgehead atoms. The van der Waals surface area contributed by atoms with E-state index in [1.54, 1.807) is 45.4 Å². The first kappa shape index (κ1) is 18.9. The third-order valence-electron chi connectivity index (χ3n) is 4.68. The third kappa shape index (κ3) is 4.87. The molecule has 1 aliphatic rings. The Morgan fingerprint density at radius 3 is 2.56 bits per heavy atom. The molecule has 1 aromatic carbocycles. The summed E-state index contributed by atoms with van der Waals surface area (Å²) in [7, 11) is 3.13. The quantitative estimate of drug-likeness (QED) is 0.804. The van der Waals surface area contributed by atoms with Crippen molar-refractivity contribution >= 4 is 17.4 Å². The minimum Gasteiger partial charge on any atom is -0.497 e. The minimum absolute atomic E-state index is 0.311. The number of carbonyl (C=O) groups excluding carboxylic acids is 1. The Balaban J connectivity index is 1.78. The lowest BCUT2D eigenvalue weighted by molar-refractivity contribution is 0.102. The second-order valence-electron chi connectivity index (χ2n) is 6.69. The lowest BCUT2D eigenvalue weighted by Crippen LogP contribution is -2.24. The van der Waals surface area contributed by atoms with E-state index in [2.05, 4.69) is 20.6 Å². The Morgan fingerprint density at radius 1 is 1.07 bits per heavy atom. The summed E-state index contributed by atoms with van der Waals surface area (Å²) in [5.74, 6) is 2.11. The highest BCUT2D eigenvalue weighted by Gasteiger charge is 2.17. The average Bonchev–Trinajstić information content (AvgIpc) is 2.68. The molecule has 1 amide bonds. The molecule has 144 valence electrons. The number of hydrogen-bond acceptors (Lipinski definition) is 6. The van der Waals surface area contributed by atoms with Crippen LogP contribution >= 0.6 is 0 Å². The van der Waals surface area contributed by atoms with E-state index in [-0.39, 0.29) is 5.91 Å². The maximum absolute atomic E-state index is 12.8. The van der Waals surface area contributed by atoms with Crippen molar-refractivity contribution in [3.8, 4) is 11.5 Å². The molecule has 0 unspecified atom stereocenters. The van der Waals surface area contributed by atoms with Gasteiger partial charge in [-0.05, 0) is 31.9 Å². The predicted molar refractivity (Wildman–Crippen MR) is 105 cm³/mol. The van der Waals surface area contributed by atoms with E-state index in [9.17, 15) is 4.79 Å². The molecule has 1 fully saturated rings. The number of amides is 1. The Kier molecular flexibility index (Phi) is 6.11. The highest BCUT2D eigenvalue weighted by Crippen LogP contribution is 2.29. The summed E-state index contributed by atoms with van der Waals surface area (Å²) in [6.45, 7) is 1.79. The van der Waals surface area contributed by atoms with Crippen molar-refractivity contribution in [2.75, 3.05) is 24.9 Å². The lowest BCUT2D eigenvalue weighted by Gasteiger charge is -2.23. The number of nitrogens with one attached hydrogen (secondary N) is 2. The van der Waals surface area contributed by atoms with Gasteiger partial charge in [0.15, 0.2) is 0 Å². The first-order valence-corrected chi connectivity index (χ1v) is 9.24. The summed E-state index contributed by atoms with van der Waals surface area (Å²) >= 11 is 0. The fourth-order valence-electron chi connectivity index (χ4n) is 3.31. The number of anilines is 2. The number of methoxy groups -OCH3 is 2. The molecule has 0 atom stereocenters. The largest absolute Gasteiger partial charge is 0.497 e. The second-order valence-corrected chi connectivity index (χ2v) is 6.69. The summed E-state index contributed by atoms with van der Waals surface area (Å²) in [5, 5.41) is 6.29. The number of carbonyl (C=O) groups is 1. The summed E-state index contributed by atoms with van der Waals surface area (Å²) in [6.07, 6.45) is 6.00. The molecule has 27 heavy (non-hydrogen) atoms. The number of benzene rings is 1. The number of ether oxygens (including phenoxy) is 2. The molecule has 7 nitrogen and oxygen atoms in total. The smallest absolute Gasteiger partial charge is 0.274 e. The van der Waals surface area contributed by atoms with Gasteiger partial charge in [-0.3, -0.25) is 4.79 Å². The highest BCUT2D eigenvalue weighted by molar-refractivity contribution is 6.04. The van der Waals surface area contributed by atoms with E-state index >= 15 is 0 Å². The van der Waals surface area contributed by atoms with Gasteiger partial charge in [-0.15, -0.1) is 0 Å². The van der Waals surface area contributed by atoms with Crippen LogP contribution < -0.4 is 20.1 Å². The van der Waals surface area contributed by atoms with Crippen LogP contribution in [0.5, 0.6) is 11.5 Å². The van der Waals surface area contributed by atoms with Crippen LogP contribution in [0.25, 0.3) is 0 Å². The first-order chi connectivity index (χ1) is 13.1. The van der Waals surface area contributed by atoms with Crippen molar-refractivity contribution in [3.05, 3.63) is 35.8 Å². The Bertz CT molecular complexity index is 804. The zero-order chi connectivity index (χ0) is 19.2. The van der Waals surface area contributed by atoms with E-state index in [4.69, 9.17) is 9.47 Å². The van der Waals surface area contributed by atoms with Crippen molar-refractivity contribution in [1.82, 2.24) is 9.97 Å². The summed E-state index contributed by atoms with van der Waals surface area (Å²) in [4.78, 5) is 21.5. The zero-order valence-electron chi connectivity index (χ0n) is 16.0. The fourth-order valence-corrected chi connectivity index (χ4v) is 3.31. The Labute approximate surface area is 159 Å². The van der Waals surface area contributed by atoms with E-state index in [1.165, 1.54) is 19.3 Å². The number of aryl methyl sites for hydroxylation is 1. The molecule has 3 rings (SSSR count). The van der Waals surface area contributed by atoms with E-state index < -0.39 is 0 Å². The zero-order valence-corrected chi connectivity index (χ0v) is 16.0. The van der Waals surface area contributed by atoms with Gasteiger partial charge >= 0.3 is 0 Å². The fraction of sp³-hybridized carbons (Fsp3) is 0.450. The molecule has 1 heterocycles. The van der Waals surface area contributed by atoms with Crippen LogP contribution in [0.3, 0.4) is 0 Å². The van der Waals surface area contributed by atoms with E-state index in [0.717, 1.165) is 12.8 Å². The van der Waals surface area contributed by atoms with Crippen LogP contribution in [-0.2, 0) is 0 Å². The van der Waals surface area contributed by atoms with Crippen LogP contribution in [-0.4, -0.2) is 36.1 Å². The monoisotopic (exact) mass is 370 g/mol. The third-order valence-corrected chi connectivity index (χ3v) is 4.68. The summed E-state index contributed by atoms with van der Waals surface area (Å²) in [6, 6.07) is 7.34. The number of nitrogens with zero attached hydrogens (tertiary/aromatic N) is 2. The molecule has 2 aromatic rings. The second kappa shape index (κ2) is 8.70. The summed E-state index contributed by atoms with van der Waals surface area (Å²) < 4.78 is 10.5. The molecule has 0 saturated heterocycles. The van der Waals surface area contributed by atoms with Gasteiger partial charge in [0.1, 0.15) is 28.8 Å². The molecule has 0 spiro atoms. The molecule has 1 aliphatic carbocycles. The van der Waals surface area contributed by atoms with Crippen LogP contribution in [0.15, 0.2) is 24.3 Å². The molecule has 7 heteroatoms. The molecular formula is C20H26N4O3. The predicted octanol–water partition coefficient (Wildman–Crippen LogP) is 3.80. The van der Waals surface area contributed by atoms with Gasteiger partial charge in [0.25, 0.3) is 5.91 Å². The normalized spacial score (nSPS) is 14.5. The molecular weight excluding hydrogens is 344 g/mol. The van der Waals surface area contributed by atoms with Crippen molar-refractivity contribution in [2.24, 2.45) is 0 Å². The van der Waals surface area contributed by atoms with Gasteiger partial charge in [0.2, 0.25) is 0 Å². The van der Waals surface area contributed by atoms with Crippen LogP contribution in [0.4, 0.5) is 11.5 Å². The Hall–Kier alpha value is -2.83. The number of aromatic nitrogens is 2. The number of rotatable bonds is 6. The van der Waals surface area contributed by atoms with Crippen LogP contribution in [0.2, 0.25) is 0 Å². The van der Waals surface area contributed by atoms with Crippen molar-refractivity contribution in [1.29, 1.82) is 0 Å². The first-order valence-electron chi connectivity index (χ1n) is 9.24. The highest BCUT2D eigenvalue weighted by atomic mass is 16.5. The minimum atomic E-state index is -0.321. The van der Waals surface area contributed by atoms with E-state index in [1.807, 2.05) is 0 Å². The lowest BCUT2D eigenvalue weighted by atomic mass is 9.95. The maximum Gasteiger partial charge on any atom is 0.274 e. The van der Waals surface area contributed by atoms with Gasteiger partial charge in [-0.2, -0.15) is 0 Å². The van der Waals surface area contributed by atoms with Gasteiger partial charge in [-0.1, -0.05) is 19.3 Å². The molecule has 2 N–H and O–H groups in total. The Morgan fingerprint density at radius 2 is 1.85 bits per heavy atom. The van der Waals surface area contributed by atoms with Gasteiger partial charge < -0.3 is 20.1 Å². The van der Waals surface area contributed by atoms with Gasteiger partial charge in [0.05, 0.1) is 19.9 Å². The standard InChI is InChI=1S/C20H26N4O3/c1-13-21-17(12-19(22-13)23-14-7-5-4-6-8-14)20(25)24-16-11-15(26-2)9-10-18(16)27-3/h9-12,14H,4-8H2,1-3H3,(H,24,25)(H,21,22,23). The SMILES string of the molecule is COc1ccc(OC)c(NC(=O)c2cc(NC3CCCCC3)nc(C)n2)c1. The molecule has 0 radical (unpaired) electrons. The van der Waals surface area contributed by atoms with Crippen molar-refractivity contribution < 1.29 is 14.3 Å². The van der Waals surface area contributed by atoms with Crippen LogP contribution in [0.1, 0.15) is 48.4 Å².